The lowest BCUT2D eigenvalue weighted by Crippen LogP contribution is -2.33. The van der Waals surface area contributed by atoms with Crippen LogP contribution in [0.1, 0.15) is 23.5 Å². The zero-order chi connectivity index (χ0) is 24.6. The van der Waals surface area contributed by atoms with E-state index in [1.165, 1.54) is 28.1 Å². The lowest BCUT2D eigenvalue weighted by atomic mass is 9.85. The van der Waals surface area contributed by atoms with E-state index in [9.17, 15) is 18.8 Å². The minimum Gasteiger partial charge on any atom is -0.347 e. The first kappa shape index (κ1) is 23.2. The normalized spacial score (nSPS) is 15.9. The molecular formula is C25H26FN5O3. The van der Waals surface area contributed by atoms with Gasteiger partial charge in [-0.1, -0.05) is 12.1 Å². The van der Waals surface area contributed by atoms with E-state index in [0.29, 0.717) is 16.8 Å². The largest absolute Gasteiger partial charge is 0.347 e. The summed E-state index contributed by atoms with van der Waals surface area (Å²) in [5.74, 6) is -1.45. The van der Waals surface area contributed by atoms with E-state index < -0.39 is 5.92 Å². The van der Waals surface area contributed by atoms with Gasteiger partial charge in [-0.15, -0.1) is 0 Å². The first-order valence-corrected chi connectivity index (χ1v) is 10.8. The number of nitrogens with zero attached hydrogens (tertiary/aromatic N) is 4. The number of amides is 3. The molecule has 34 heavy (non-hydrogen) atoms. The van der Waals surface area contributed by atoms with Crippen LogP contribution in [0, 0.1) is 12.7 Å². The molecule has 8 nitrogen and oxygen atoms in total. The minimum absolute atomic E-state index is 0.0810. The molecule has 0 spiro atoms. The Hall–Kier alpha value is -4.01. The van der Waals surface area contributed by atoms with E-state index in [4.69, 9.17) is 0 Å². The van der Waals surface area contributed by atoms with Crippen molar-refractivity contribution >= 4 is 34.3 Å². The molecule has 1 atom stereocenters. The Morgan fingerprint density at radius 3 is 2.59 bits per heavy atom. The third-order valence-corrected chi connectivity index (χ3v) is 6.03. The third-order valence-electron chi connectivity index (χ3n) is 6.03. The molecule has 3 aromatic rings. The van der Waals surface area contributed by atoms with Crippen molar-refractivity contribution in [2.75, 3.05) is 26.5 Å². The SMILES string of the molecule is Cc1cc2cnn(CC(=O)N(C)C)c2cc1NC(=O)C1=CN(C)C(=O)CC1c1ccc(F)cc1. The highest BCUT2D eigenvalue weighted by Gasteiger charge is 2.31. The molecule has 0 bridgehead atoms. The van der Waals surface area contributed by atoms with E-state index in [1.807, 2.05) is 13.0 Å². The molecule has 1 unspecified atom stereocenters. The highest BCUT2D eigenvalue weighted by atomic mass is 19.1. The van der Waals surface area contributed by atoms with Crippen molar-refractivity contribution in [1.29, 1.82) is 0 Å². The number of benzene rings is 2. The molecule has 0 saturated carbocycles. The Bertz CT molecular complexity index is 1310. The summed E-state index contributed by atoms with van der Waals surface area (Å²) >= 11 is 0. The van der Waals surface area contributed by atoms with Crippen LogP contribution in [0.2, 0.25) is 0 Å². The Morgan fingerprint density at radius 1 is 1.21 bits per heavy atom. The van der Waals surface area contributed by atoms with Gasteiger partial charge < -0.3 is 15.1 Å². The second-order valence-electron chi connectivity index (χ2n) is 8.67. The maximum atomic E-state index is 13.4. The number of hydrogen-bond acceptors (Lipinski definition) is 4. The standard InChI is InChI=1S/C25H26FN5O3/c1-15-9-17-12-27-31(14-24(33)29(2)3)22(17)11-21(15)28-25(34)20-13-30(4)23(32)10-19(20)16-5-7-18(26)8-6-16/h5-9,11-13,19H,10,14H2,1-4H3,(H,28,34). The Kier molecular flexibility index (Phi) is 6.19. The molecular weight excluding hydrogens is 437 g/mol. The van der Waals surface area contributed by atoms with Crippen molar-refractivity contribution in [2.45, 2.75) is 25.8 Å². The lowest BCUT2D eigenvalue weighted by molar-refractivity contribution is -0.130. The molecule has 2 aromatic carbocycles. The average molecular weight is 464 g/mol. The van der Waals surface area contributed by atoms with Crippen molar-refractivity contribution in [3.8, 4) is 0 Å². The third kappa shape index (κ3) is 4.54. The summed E-state index contributed by atoms with van der Waals surface area (Å²) in [5.41, 5.74) is 3.23. The van der Waals surface area contributed by atoms with Crippen molar-refractivity contribution in [2.24, 2.45) is 0 Å². The summed E-state index contributed by atoms with van der Waals surface area (Å²) in [4.78, 5) is 40.8. The summed E-state index contributed by atoms with van der Waals surface area (Å²) in [6.45, 7) is 1.96. The molecule has 1 N–H and O–H groups in total. The fourth-order valence-corrected chi connectivity index (χ4v) is 3.97. The van der Waals surface area contributed by atoms with Crippen molar-refractivity contribution in [3.63, 3.8) is 0 Å². The Morgan fingerprint density at radius 2 is 1.91 bits per heavy atom. The molecule has 9 heteroatoms. The summed E-state index contributed by atoms with van der Waals surface area (Å²) in [5, 5.41) is 8.13. The van der Waals surface area contributed by atoms with Gasteiger partial charge in [0.1, 0.15) is 12.4 Å². The summed E-state index contributed by atoms with van der Waals surface area (Å²) in [7, 11) is 4.97. The van der Waals surface area contributed by atoms with Crippen LogP contribution in [0.5, 0.6) is 0 Å². The number of hydrogen-bond donors (Lipinski definition) is 1. The number of rotatable bonds is 5. The quantitative estimate of drug-likeness (QED) is 0.630. The van der Waals surface area contributed by atoms with E-state index >= 15 is 0 Å². The van der Waals surface area contributed by atoms with E-state index in [0.717, 1.165) is 16.5 Å². The fourth-order valence-electron chi connectivity index (χ4n) is 3.97. The van der Waals surface area contributed by atoms with Gasteiger partial charge in [-0.05, 0) is 42.3 Å². The lowest BCUT2D eigenvalue weighted by Gasteiger charge is -2.28. The molecule has 0 fully saturated rings. The van der Waals surface area contributed by atoms with Crippen LogP contribution in [0.4, 0.5) is 10.1 Å². The van der Waals surface area contributed by atoms with Gasteiger partial charge in [-0.25, -0.2) is 4.39 Å². The van der Waals surface area contributed by atoms with Crippen LogP contribution in [0.25, 0.3) is 10.9 Å². The number of likely N-dealkylation sites (N-methyl/N-ethyl adjacent to an activating group) is 1. The second kappa shape index (κ2) is 9.09. The number of anilines is 1. The fraction of sp³-hybridized carbons (Fsp3) is 0.280. The zero-order valence-electron chi connectivity index (χ0n) is 19.5. The predicted octanol–water partition coefficient (Wildman–Crippen LogP) is 3.04. The number of halogens is 1. The highest BCUT2D eigenvalue weighted by molar-refractivity contribution is 6.07. The molecule has 0 radical (unpaired) electrons. The molecule has 1 aromatic heterocycles. The van der Waals surface area contributed by atoms with Gasteiger partial charge in [0.25, 0.3) is 5.91 Å². The Labute approximate surface area is 196 Å². The second-order valence-corrected chi connectivity index (χ2v) is 8.67. The number of fused-ring (bicyclic) bond motifs is 1. The van der Waals surface area contributed by atoms with Crippen LogP contribution < -0.4 is 5.32 Å². The summed E-state index contributed by atoms with van der Waals surface area (Å²) < 4.78 is 15.0. The van der Waals surface area contributed by atoms with E-state index in [1.54, 1.807) is 50.2 Å². The van der Waals surface area contributed by atoms with Gasteiger partial charge in [0, 0.05) is 56.3 Å². The van der Waals surface area contributed by atoms with E-state index in [2.05, 4.69) is 10.4 Å². The molecule has 0 aliphatic carbocycles. The maximum absolute atomic E-state index is 13.4. The molecule has 3 amide bonds. The first-order valence-electron chi connectivity index (χ1n) is 10.8. The van der Waals surface area contributed by atoms with Gasteiger partial charge in [-0.2, -0.15) is 5.10 Å². The van der Waals surface area contributed by atoms with Crippen molar-refractivity contribution < 1.29 is 18.8 Å². The smallest absolute Gasteiger partial charge is 0.253 e. The van der Waals surface area contributed by atoms with Gasteiger partial charge in [0.05, 0.1) is 11.7 Å². The van der Waals surface area contributed by atoms with Crippen LogP contribution in [-0.4, -0.2) is 58.4 Å². The van der Waals surface area contributed by atoms with Gasteiger partial charge >= 0.3 is 0 Å². The number of carbonyl (C=O) groups excluding carboxylic acids is 3. The van der Waals surface area contributed by atoms with Crippen molar-refractivity contribution in [1.82, 2.24) is 19.6 Å². The van der Waals surface area contributed by atoms with Crippen LogP contribution in [0.3, 0.4) is 0 Å². The molecule has 1 aliphatic rings. The zero-order valence-corrected chi connectivity index (χ0v) is 19.5. The molecule has 2 heterocycles. The van der Waals surface area contributed by atoms with Crippen LogP contribution >= 0.6 is 0 Å². The first-order chi connectivity index (χ1) is 16.1. The van der Waals surface area contributed by atoms with Gasteiger partial charge in [-0.3, -0.25) is 19.1 Å². The topological polar surface area (TPSA) is 87.5 Å². The number of aromatic nitrogens is 2. The molecule has 4 rings (SSSR count). The summed E-state index contributed by atoms with van der Waals surface area (Å²) in [6, 6.07) is 9.53. The number of carbonyl (C=O) groups is 3. The highest BCUT2D eigenvalue weighted by Crippen LogP contribution is 2.34. The van der Waals surface area contributed by atoms with Crippen molar-refractivity contribution in [3.05, 3.63) is 71.3 Å². The van der Waals surface area contributed by atoms with Crippen LogP contribution in [-0.2, 0) is 20.9 Å². The van der Waals surface area contributed by atoms with E-state index in [-0.39, 0.29) is 36.5 Å². The van der Waals surface area contributed by atoms with Gasteiger partial charge in [0.15, 0.2) is 0 Å². The summed E-state index contributed by atoms with van der Waals surface area (Å²) in [6.07, 6.45) is 3.33. The molecule has 0 saturated heterocycles. The molecule has 176 valence electrons. The maximum Gasteiger partial charge on any atom is 0.253 e. The van der Waals surface area contributed by atoms with Gasteiger partial charge in [0.2, 0.25) is 11.8 Å². The average Bonchev–Trinajstić information content (AvgIpc) is 3.17. The number of aryl methyl sites for hydroxylation is 1. The monoisotopic (exact) mass is 463 g/mol. The molecule has 1 aliphatic heterocycles. The predicted molar refractivity (Wildman–Crippen MR) is 126 cm³/mol. The Balaban J connectivity index is 1.66. The minimum atomic E-state index is -0.489. The number of nitrogens with one attached hydrogen (secondary N) is 1. The van der Waals surface area contributed by atoms with Crippen LogP contribution in [0.15, 0.2) is 54.4 Å².